The summed E-state index contributed by atoms with van der Waals surface area (Å²) in [5.41, 5.74) is 0. The van der Waals surface area contributed by atoms with Crippen molar-refractivity contribution >= 4 is 11.8 Å². The third kappa shape index (κ3) is 3.62. The van der Waals surface area contributed by atoms with Crippen molar-refractivity contribution in [1.82, 2.24) is 10.2 Å². The highest BCUT2D eigenvalue weighted by Crippen LogP contribution is 2.23. The van der Waals surface area contributed by atoms with Gasteiger partial charge in [-0.1, -0.05) is 0 Å². The highest BCUT2D eigenvalue weighted by atomic mass is 32.2. The van der Waals surface area contributed by atoms with Gasteiger partial charge in [0.05, 0.1) is 6.61 Å². The van der Waals surface area contributed by atoms with Crippen LogP contribution in [0.5, 0.6) is 0 Å². The summed E-state index contributed by atoms with van der Waals surface area (Å²) in [6, 6.07) is 1.52. The van der Waals surface area contributed by atoms with Crippen molar-refractivity contribution in [2.45, 2.75) is 31.3 Å². The minimum Gasteiger partial charge on any atom is -0.383 e. The Bertz CT molecular complexity index is 191. The molecular weight excluding hydrogens is 220 g/mol. The predicted octanol–water partition coefficient (Wildman–Crippen LogP) is 1.19. The first-order chi connectivity index (χ1) is 7.90. The summed E-state index contributed by atoms with van der Waals surface area (Å²) in [7, 11) is 1.80. The second-order valence-electron chi connectivity index (χ2n) is 4.80. The highest BCUT2D eigenvalue weighted by molar-refractivity contribution is 7.99. The molecule has 0 bridgehead atoms. The van der Waals surface area contributed by atoms with Crippen LogP contribution in [0.1, 0.15) is 19.3 Å². The van der Waals surface area contributed by atoms with Gasteiger partial charge in [-0.05, 0) is 31.6 Å². The van der Waals surface area contributed by atoms with Gasteiger partial charge in [0.25, 0.3) is 0 Å². The Labute approximate surface area is 103 Å². The van der Waals surface area contributed by atoms with E-state index in [1.807, 2.05) is 0 Å². The Morgan fingerprint density at radius 3 is 3.00 bits per heavy atom. The van der Waals surface area contributed by atoms with Crippen LogP contribution in [0.4, 0.5) is 0 Å². The zero-order valence-electron chi connectivity index (χ0n) is 10.3. The summed E-state index contributed by atoms with van der Waals surface area (Å²) in [4.78, 5) is 2.65. The van der Waals surface area contributed by atoms with Gasteiger partial charge in [0.1, 0.15) is 0 Å². The lowest BCUT2D eigenvalue weighted by atomic mass is 10.1. The SMILES string of the molecule is COCCN(CC1CCCN1)C1CCSC1. The first-order valence-corrected chi connectivity index (χ1v) is 7.59. The Hall–Kier alpha value is 0.230. The summed E-state index contributed by atoms with van der Waals surface area (Å²) in [5.74, 6) is 2.66. The van der Waals surface area contributed by atoms with Crippen LogP contribution >= 0.6 is 11.8 Å². The second-order valence-corrected chi connectivity index (χ2v) is 5.95. The van der Waals surface area contributed by atoms with E-state index in [2.05, 4.69) is 22.0 Å². The van der Waals surface area contributed by atoms with Gasteiger partial charge in [-0.2, -0.15) is 11.8 Å². The molecule has 0 spiro atoms. The van der Waals surface area contributed by atoms with Crippen LogP contribution in [-0.2, 0) is 4.74 Å². The fourth-order valence-electron chi connectivity index (χ4n) is 2.64. The fraction of sp³-hybridized carbons (Fsp3) is 1.00. The quantitative estimate of drug-likeness (QED) is 0.758. The minimum atomic E-state index is 0.724. The molecule has 0 aliphatic carbocycles. The second kappa shape index (κ2) is 6.84. The smallest absolute Gasteiger partial charge is 0.0589 e. The molecule has 94 valence electrons. The van der Waals surface area contributed by atoms with Gasteiger partial charge in [0, 0.05) is 38.0 Å². The minimum absolute atomic E-state index is 0.724. The zero-order valence-corrected chi connectivity index (χ0v) is 11.1. The lowest BCUT2D eigenvalue weighted by Crippen LogP contribution is -2.45. The standard InChI is InChI=1S/C12H24N2OS/c1-15-7-6-14(12-4-8-16-10-12)9-11-3-2-5-13-11/h11-13H,2-10H2,1H3. The number of thioether (sulfide) groups is 1. The molecule has 2 fully saturated rings. The number of ether oxygens (including phenoxy) is 1. The first-order valence-electron chi connectivity index (χ1n) is 6.44. The molecule has 16 heavy (non-hydrogen) atoms. The molecule has 0 aromatic rings. The molecule has 0 aromatic carbocycles. The normalized spacial score (nSPS) is 30.4. The molecule has 0 aromatic heterocycles. The van der Waals surface area contributed by atoms with Crippen molar-refractivity contribution in [1.29, 1.82) is 0 Å². The van der Waals surface area contributed by atoms with Crippen molar-refractivity contribution < 1.29 is 4.74 Å². The Kier molecular flexibility index (Phi) is 5.42. The molecule has 0 amide bonds. The van der Waals surface area contributed by atoms with E-state index < -0.39 is 0 Å². The predicted molar refractivity (Wildman–Crippen MR) is 70.2 cm³/mol. The third-order valence-corrected chi connectivity index (χ3v) is 4.77. The molecule has 2 heterocycles. The topological polar surface area (TPSA) is 24.5 Å². The molecule has 2 saturated heterocycles. The summed E-state index contributed by atoms with van der Waals surface area (Å²) in [6.07, 6.45) is 4.06. The lowest BCUT2D eigenvalue weighted by Gasteiger charge is -2.30. The summed E-state index contributed by atoms with van der Waals surface area (Å²) in [6.45, 7) is 4.39. The number of hydrogen-bond acceptors (Lipinski definition) is 4. The third-order valence-electron chi connectivity index (χ3n) is 3.62. The number of nitrogens with zero attached hydrogens (tertiary/aromatic N) is 1. The lowest BCUT2D eigenvalue weighted by molar-refractivity contribution is 0.120. The van der Waals surface area contributed by atoms with E-state index >= 15 is 0 Å². The van der Waals surface area contributed by atoms with E-state index in [-0.39, 0.29) is 0 Å². The average molecular weight is 244 g/mol. The molecule has 2 unspecified atom stereocenters. The van der Waals surface area contributed by atoms with Crippen molar-refractivity contribution in [3.8, 4) is 0 Å². The van der Waals surface area contributed by atoms with Gasteiger partial charge in [0.2, 0.25) is 0 Å². The Morgan fingerprint density at radius 2 is 2.38 bits per heavy atom. The molecule has 0 saturated carbocycles. The van der Waals surface area contributed by atoms with Crippen LogP contribution in [0, 0.1) is 0 Å². The van der Waals surface area contributed by atoms with Gasteiger partial charge < -0.3 is 10.1 Å². The van der Waals surface area contributed by atoms with Gasteiger partial charge in [-0.3, -0.25) is 4.90 Å². The monoisotopic (exact) mass is 244 g/mol. The maximum absolute atomic E-state index is 5.23. The molecule has 2 rings (SSSR count). The van der Waals surface area contributed by atoms with E-state index in [9.17, 15) is 0 Å². The molecule has 2 aliphatic rings. The molecule has 2 atom stereocenters. The number of methoxy groups -OCH3 is 1. The summed E-state index contributed by atoms with van der Waals surface area (Å²) >= 11 is 2.10. The van der Waals surface area contributed by atoms with Gasteiger partial charge >= 0.3 is 0 Å². The number of hydrogen-bond donors (Lipinski definition) is 1. The summed E-state index contributed by atoms with van der Waals surface area (Å²) < 4.78 is 5.23. The highest BCUT2D eigenvalue weighted by Gasteiger charge is 2.26. The molecular formula is C12H24N2OS. The van der Waals surface area contributed by atoms with E-state index in [4.69, 9.17) is 4.74 Å². The molecule has 4 heteroatoms. The maximum Gasteiger partial charge on any atom is 0.0589 e. The van der Waals surface area contributed by atoms with Crippen LogP contribution in [0.25, 0.3) is 0 Å². The van der Waals surface area contributed by atoms with Gasteiger partial charge in [-0.25, -0.2) is 0 Å². The largest absolute Gasteiger partial charge is 0.383 e. The maximum atomic E-state index is 5.23. The van der Waals surface area contributed by atoms with Crippen molar-refractivity contribution in [2.75, 3.05) is 44.9 Å². The number of nitrogens with one attached hydrogen (secondary N) is 1. The van der Waals surface area contributed by atoms with Crippen LogP contribution in [0.2, 0.25) is 0 Å². The van der Waals surface area contributed by atoms with E-state index in [0.29, 0.717) is 0 Å². The Balaban J connectivity index is 1.80. The first kappa shape index (κ1) is 12.7. The molecule has 3 nitrogen and oxygen atoms in total. The zero-order chi connectivity index (χ0) is 11.2. The van der Waals surface area contributed by atoms with Crippen LogP contribution in [0.3, 0.4) is 0 Å². The number of rotatable bonds is 6. The van der Waals surface area contributed by atoms with Gasteiger partial charge in [0.15, 0.2) is 0 Å². The molecule has 1 N–H and O–H groups in total. The Morgan fingerprint density at radius 1 is 1.44 bits per heavy atom. The van der Waals surface area contributed by atoms with Crippen LogP contribution in [-0.4, -0.2) is 61.8 Å². The molecule has 0 radical (unpaired) electrons. The molecule has 2 aliphatic heterocycles. The van der Waals surface area contributed by atoms with Crippen molar-refractivity contribution in [2.24, 2.45) is 0 Å². The fourth-order valence-corrected chi connectivity index (χ4v) is 3.89. The van der Waals surface area contributed by atoms with E-state index in [0.717, 1.165) is 25.2 Å². The van der Waals surface area contributed by atoms with Gasteiger partial charge in [-0.15, -0.1) is 0 Å². The average Bonchev–Trinajstić information content (AvgIpc) is 2.96. The van der Waals surface area contributed by atoms with Crippen molar-refractivity contribution in [3.05, 3.63) is 0 Å². The van der Waals surface area contributed by atoms with E-state index in [1.165, 1.54) is 43.9 Å². The summed E-state index contributed by atoms with van der Waals surface area (Å²) in [5, 5.41) is 3.60. The van der Waals surface area contributed by atoms with Crippen LogP contribution in [0.15, 0.2) is 0 Å². The van der Waals surface area contributed by atoms with Crippen LogP contribution < -0.4 is 5.32 Å². The van der Waals surface area contributed by atoms with Crippen molar-refractivity contribution in [3.63, 3.8) is 0 Å². The van der Waals surface area contributed by atoms with E-state index in [1.54, 1.807) is 7.11 Å².